The van der Waals surface area contributed by atoms with Gasteiger partial charge in [-0.25, -0.2) is 4.79 Å². The maximum Gasteiger partial charge on any atom is 0.336 e. The van der Waals surface area contributed by atoms with Crippen molar-refractivity contribution < 1.29 is 34.8 Å². The summed E-state index contributed by atoms with van der Waals surface area (Å²) in [4.78, 5) is 30.5. The van der Waals surface area contributed by atoms with Crippen molar-refractivity contribution in [1.82, 2.24) is 0 Å². The van der Waals surface area contributed by atoms with Gasteiger partial charge in [-0.3, -0.25) is 9.59 Å². The molecule has 6 N–H and O–H groups in total. The summed E-state index contributed by atoms with van der Waals surface area (Å²) in [6, 6.07) is 10.6. The van der Waals surface area contributed by atoms with Crippen LogP contribution in [0.1, 0.15) is 25.3 Å². The van der Waals surface area contributed by atoms with E-state index in [1.807, 2.05) is 25.1 Å². The lowest BCUT2D eigenvalue weighted by molar-refractivity contribution is -0.170. The van der Waals surface area contributed by atoms with Crippen LogP contribution in [0.25, 0.3) is 0 Å². The Kier molecular flexibility index (Phi) is 8.53. The van der Waals surface area contributed by atoms with Crippen LogP contribution in [0.3, 0.4) is 0 Å². The smallest absolute Gasteiger partial charge is 0.336 e. The molecular formula is C15H21NO7. The van der Waals surface area contributed by atoms with Gasteiger partial charge in [-0.2, -0.15) is 0 Å². The first-order valence-electron chi connectivity index (χ1n) is 6.75. The molecule has 0 heterocycles. The maximum atomic E-state index is 10.3. The van der Waals surface area contributed by atoms with Crippen LogP contribution in [0.15, 0.2) is 30.3 Å². The van der Waals surface area contributed by atoms with Crippen molar-refractivity contribution in [3.8, 4) is 0 Å². The summed E-state index contributed by atoms with van der Waals surface area (Å²) in [5.74, 6) is -5.02. The fraction of sp³-hybridized carbons (Fsp3) is 0.400. The molecule has 0 spiro atoms. The van der Waals surface area contributed by atoms with Crippen molar-refractivity contribution in [2.24, 2.45) is 5.73 Å². The van der Waals surface area contributed by atoms with Gasteiger partial charge in [0, 0.05) is 6.04 Å². The zero-order valence-electron chi connectivity index (χ0n) is 12.7. The zero-order valence-corrected chi connectivity index (χ0v) is 12.7. The Balaban J connectivity index is 0.000000433. The van der Waals surface area contributed by atoms with Crippen molar-refractivity contribution in [1.29, 1.82) is 0 Å². The van der Waals surface area contributed by atoms with E-state index >= 15 is 0 Å². The van der Waals surface area contributed by atoms with Gasteiger partial charge >= 0.3 is 17.9 Å². The lowest BCUT2D eigenvalue weighted by atomic mass is 9.96. The average Bonchev–Trinajstić information content (AvgIpc) is 2.37. The van der Waals surface area contributed by atoms with Crippen LogP contribution in [0.4, 0.5) is 0 Å². The fourth-order valence-corrected chi connectivity index (χ4v) is 1.70. The largest absolute Gasteiger partial charge is 0.481 e. The lowest BCUT2D eigenvalue weighted by Gasteiger charge is -2.18. The minimum absolute atomic E-state index is 0.266. The molecule has 0 fully saturated rings. The van der Waals surface area contributed by atoms with E-state index < -0.39 is 36.4 Å². The predicted molar refractivity (Wildman–Crippen MR) is 80.9 cm³/mol. The summed E-state index contributed by atoms with van der Waals surface area (Å²) < 4.78 is 0. The topological polar surface area (TPSA) is 158 Å². The molecule has 128 valence electrons. The van der Waals surface area contributed by atoms with Crippen LogP contribution in [0, 0.1) is 0 Å². The van der Waals surface area contributed by atoms with E-state index in [9.17, 15) is 14.4 Å². The molecule has 0 saturated carbocycles. The molecule has 0 saturated heterocycles. The molecule has 0 bridgehead atoms. The van der Waals surface area contributed by atoms with E-state index in [1.54, 1.807) is 0 Å². The first-order valence-corrected chi connectivity index (χ1v) is 6.75. The van der Waals surface area contributed by atoms with Crippen LogP contribution in [-0.2, 0) is 20.8 Å². The lowest BCUT2D eigenvalue weighted by Crippen LogP contribution is -2.42. The number of hydrogen-bond acceptors (Lipinski definition) is 5. The van der Waals surface area contributed by atoms with Crippen molar-refractivity contribution in [2.75, 3.05) is 0 Å². The number of aliphatic hydroxyl groups is 1. The first-order chi connectivity index (χ1) is 10.6. The summed E-state index contributed by atoms with van der Waals surface area (Å²) >= 11 is 0. The van der Waals surface area contributed by atoms with E-state index in [0.717, 1.165) is 6.42 Å². The Morgan fingerprint density at radius 1 is 1.04 bits per heavy atom. The average molecular weight is 327 g/mol. The molecule has 1 atom stereocenters. The molecule has 0 aliphatic rings. The van der Waals surface area contributed by atoms with Crippen molar-refractivity contribution >= 4 is 17.9 Å². The van der Waals surface area contributed by atoms with E-state index in [-0.39, 0.29) is 6.04 Å². The van der Waals surface area contributed by atoms with Gasteiger partial charge in [-0.15, -0.1) is 0 Å². The summed E-state index contributed by atoms with van der Waals surface area (Å²) in [6.45, 7) is 2.02. The van der Waals surface area contributed by atoms with Gasteiger partial charge in [0.1, 0.15) is 0 Å². The molecule has 1 unspecified atom stereocenters. The summed E-state index contributed by atoms with van der Waals surface area (Å²) in [6.07, 6.45) is -1.32. The van der Waals surface area contributed by atoms with E-state index in [1.165, 1.54) is 5.56 Å². The highest BCUT2D eigenvalue weighted by molar-refractivity contribution is 5.88. The molecule has 8 heteroatoms. The van der Waals surface area contributed by atoms with Crippen LogP contribution >= 0.6 is 0 Å². The van der Waals surface area contributed by atoms with Gasteiger partial charge in [0.15, 0.2) is 5.60 Å². The van der Waals surface area contributed by atoms with Crippen molar-refractivity contribution in [2.45, 2.75) is 37.8 Å². The van der Waals surface area contributed by atoms with Gasteiger partial charge in [0.2, 0.25) is 0 Å². The van der Waals surface area contributed by atoms with Gasteiger partial charge in [0.25, 0.3) is 0 Å². The SMILES string of the molecule is CC(N)Cc1ccccc1.O=C(O)CC(O)(CC(=O)O)C(=O)O. The summed E-state index contributed by atoms with van der Waals surface area (Å²) in [5.41, 5.74) is 4.20. The third kappa shape index (κ3) is 9.22. The monoisotopic (exact) mass is 327 g/mol. The second-order valence-electron chi connectivity index (χ2n) is 5.14. The molecule has 0 radical (unpaired) electrons. The van der Waals surface area contributed by atoms with E-state index in [2.05, 4.69) is 12.1 Å². The second kappa shape index (κ2) is 9.54. The van der Waals surface area contributed by atoms with Gasteiger partial charge in [-0.05, 0) is 18.9 Å². The molecule has 0 aromatic heterocycles. The number of benzene rings is 1. The van der Waals surface area contributed by atoms with Crippen LogP contribution in [-0.4, -0.2) is 50.0 Å². The fourth-order valence-electron chi connectivity index (χ4n) is 1.70. The number of carbonyl (C=O) groups is 3. The number of aliphatic carboxylic acids is 3. The number of carboxylic acid groups (broad SMARTS) is 3. The molecule has 8 nitrogen and oxygen atoms in total. The first kappa shape index (κ1) is 20.6. The van der Waals surface area contributed by atoms with Gasteiger partial charge in [0.05, 0.1) is 12.8 Å². The predicted octanol–water partition coefficient (Wildman–Crippen LogP) is 0.328. The molecule has 0 aliphatic carbocycles. The van der Waals surface area contributed by atoms with Gasteiger partial charge < -0.3 is 26.2 Å². The highest BCUT2D eigenvalue weighted by Crippen LogP contribution is 2.15. The van der Waals surface area contributed by atoms with Crippen molar-refractivity contribution in [3.05, 3.63) is 35.9 Å². The van der Waals surface area contributed by atoms with Crippen LogP contribution in [0.2, 0.25) is 0 Å². The molecular weight excluding hydrogens is 306 g/mol. The molecule has 23 heavy (non-hydrogen) atoms. The molecule has 0 amide bonds. The van der Waals surface area contributed by atoms with Gasteiger partial charge in [-0.1, -0.05) is 30.3 Å². The minimum Gasteiger partial charge on any atom is -0.481 e. The van der Waals surface area contributed by atoms with Crippen LogP contribution in [0.5, 0.6) is 0 Å². The summed E-state index contributed by atoms with van der Waals surface area (Å²) in [7, 11) is 0. The van der Waals surface area contributed by atoms with Crippen molar-refractivity contribution in [3.63, 3.8) is 0 Å². The number of rotatable bonds is 7. The maximum absolute atomic E-state index is 10.3. The minimum atomic E-state index is -2.74. The highest BCUT2D eigenvalue weighted by atomic mass is 16.4. The molecule has 1 rings (SSSR count). The highest BCUT2D eigenvalue weighted by Gasteiger charge is 2.40. The molecule has 1 aromatic rings. The normalized spacial score (nSPS) is 11.8. The number of carboxylic acids is 3. The Labute approximate surface area is 133 Å². The Hall–Kier alpha value is -2.45. The molecule has 0 aliphatic heterocycles. The number of hydrogen-bond donors (Lipinski definition) is 5. The molecule has 1 aromatic carbocycles. The zero-order chi connectivity index (χ0) is 18.0. The second-order valence-corrected chi connectivity index (χ2v) is 5.14. The summed E-state index contributed by atoms with van der Waals surface area (Å²) in [5, 5.41) is 33.8. The Morgan fingerprint density at radius 3 is 1.78 bits per heavy atom. The number of nitrogens with two attached hydrogens (primary N) is 1. The van der Waals surface area contributed by atoms with E-state index in [0.29, 0.717) is 0 Å². The third-order valence-electron chi connectivity index (χ3n) is 2.69. The third-order valence-corrected chi connectivity index (χ3v) is 2.69. The Morgan fingerprint density at radius 2 is 1.48 bits per heavy atom. The Bertz CT molecular complexity index is 512. The standard InChI is InChI=1S/C9H13N.C6H8O7/c1-8(10)7-9-5-3-2-4-6-9;7-3(8)1-6(13,5(11)12)2-4(9)10/h2-6,8H,7,10H2,1H3;13H,1-2H2,(H,7,8)(H,9,10)(H,11,12). The van der Waals surface area contributed by atoms with E-state index in [4.69, 9.17) is 26.2 Å². The quantitative estimate of drug-likeness (QED) is 0.479. The van der Waals surface area contributed by atoms with Crippen LogP contribution < -0.4 is 5.73 Å².